The lowest BCUT2D eigenvalue weighted by Gasteiger charge is -2.25. The minimum absolute atomic E-state index is 0.280. The quantitative estimate of drug-likeness (QED) is 0.350. The van der Waals surface area contributed by atoms with Gasteiger partial charge >= 0.3 is 0 Å². The van der Waals surface area contributed by atoms with Crippen LogP contribution in [0, 0.1) is 6.92 Å². The Morgan fingerprint density at radius 1 is 1.65 bits per heavy atom. The minimum atomic E-state index is 0.280. The van der Waals surface area contributed by atoms with Crippen molar-refractivity contribution in [3.05, 3.63) is 24.0 Å². The van der Waals surface area contributed by atoms with Gasteiger partial charge in [-0.2, -0.15) is 0 Å². The van der Waals surface area contributed by atoms with Gasteiger partial charge in [0.2, 0.25) is 0 Å². The predicted molar refractivity (Wildman–Crippen MR) is 67.4 cm³/mol. The van der Waals surface area contributed by atoms with Crippen LogP contribution in [0.3, 0.4) is 0 Å². The summed E-state index contributed by atoms with van der Waals surface area (Å²) in [6.45, 7) is 2.84. The van der Waals surface area contributed by atoms with Crippen molar-refractivity contribution in [3.63, 3.8) is 0 Å². The molecule has 1 aromatic rings. The normalized spacial score (nSPS) is 15.9. The zero-order chi connectivity index (χ0) is 12.3. The van der Waals surface area contributed by atoms with Crippen molar-refractivity contribution in [1.82, 2.24) is 4.98 Å². The molecular formula is C12H18N4O. The number of nitrogens with zero attached hydrogens (tertiary/aromatic N) is 3. The van der Waals surface area contributed by atoms with E-state index in [4.69, 9.17) is 10.9 Å². The first kappa shape index (κ1) is 11.7. The Bertz CT molecular complexity index is 415. The van der Waals surface area contributed by atoms with E-state index in [2.05, 4.69) is 22.0 Å². The van der Waals surface area contributed by atoms with Gasteiger partial charge in [0.1, 0.15) is 5.84 Å². The molecule has 5 nitrogen and oxygen atoms in total. The number of oxime groups is 1. The first-order valence-corrected chi connectivity index (χ1v) is 5.86. The molecule has 3 N–H and O–H groups in total. The molecule has 1 heterocycles. The number of amidine groups is 1. The smallest absolute Gasteiger partial charge is 0.140 e. The van der Waals surface area contributed by atoms with E-state index in [1.54, 1.807) is 6.20 Å². The largest absolute Gasteiger partial charge is 0.409 e. The SMILES string of the molecule is Cc1cnccc1N(CCC(N)=NO)C1CC1. The monoisotopic (exact) mass is 234 g/mol. The molecule has 0 aliphatic heterocycles. The molecular weight excluding hydrogens is 216 g/mol. The summed E-state index contributed by atoms with van der Waals surface area (Å²) in [6, 6.07) is 2.63. The predicted octanol–water partition coefficient (Wildman–Crippen LogP) is 1.50. The maximum Gasteiger partial charge on any atom is 0.140 e. The number of pyridine rings is 1. The summed E-state index contributed by atoms with van der Waals surface area (Å²) < 4.78 is 0. The van der Waals surface area contributed by atoms with E-state index in [1.807, 2.05) is 12.3 Å². The highest BCUT2D eigenvalue weighted by molar-refractivity contribution is 5.80. The minimum Gasteiger partial charge on any atom is -0.409 e. The van der Waals surface area contributed by atoms with Gasteiger partial charge in [0.05, 0.1) is 0 Å². The Hall–Kier alpha value is -1.78. The third-order valence-corrected chi connectivity index (χ3v) is 3.03. The lowest BCUT2D eigenvalue weighted by molar-refractivity contribution is 0.317. The summed E-state index contributed by atoms with van der Waals surface area (Å²) in [5.41, 5.74) is 7.89. The summed E-state index contributed by atoms with van der Waals surface area (Å²) in [5, 5.41) is 11.6. The van der Waals surface area contributed by atoms with Gasteiger partial charge in [-0.3, -0.25) is 4.98 Å². The van der Waals surface area contributed by atoms with Gasteiger partial charge in [-0.05, 0) is 31.4 Å². The molecule has 1 aliphatic rings. The van der Waals surface area contributed by atoms with Gasteiger partial charge in [0, 0.05) is 37.1 Å². The summed E-state index contributed by atoms with van der Waals surface area (Å²) in [7, 11) is 0. The molecule has 0 bridgehead atoms. The first-order valence-electron chi connectivity index (χ1n) is 5.86. The van der Waals surface area contributed by atoms with Gasteiger partial charge in [-0.15, -0.1) is 0 Å². The number of rotatable bonds is 5. The van der Waals surface area contributed by atoms with Crippen molar-refractivity contribution in [3.8, 4) is 0 Å². The molecule has 1 aliphatic carbocycles. The highest BCUT2D eigenvalue weighted by Crippen LogP contribution is 2.33. The van der Waals surface area contributed by atoms with Crippen LogP contribution in [-0.4, -0.2) is 28.6 Å². The topological polar surface area (TPSA) is 74.7 Å². The zero-order valence-corrected chi connectivity index (χ0v) is 10.0. The Labute approximate surface area is 101 Å². The summed E-state index contributed by atoms with van der Waals surface area (Å²) >= 11 is 0. The second kappa shape index (κ2) is 5.03. The zero-order valence-electron chi connectivity index (χ0n) is 10.0. The van der Waals surface area contributed by atoms with Crippen molar-refractivity contribution in [2.24, 2.45) is 10.9 Å². The second-order valence-corrected chi connectivity index (χ2v) is 4.43. The van der Waals surface area contributed by atoms with Crippen LogP contribution >= 0.6 is 0 Å². The van der Waals surface area contributed by atoms with Crippen LogP contribution in [0.4, 0.5) is 5.69 Å². The van der Waals surface area contributed by atoms with Gasteiger partial charge in [-0.25, -0.2) is 0 Å². The van der Waals surface area contributed by atoms with Crippen LogP contribution in [0.5, 0.6) is 0 Å². The molecule has 0 atom stereocenters. The Balaban J connectivity index is 2.10. The number of hydrogen-bond acceptors (Lipinski definition) is 4. The molecule has 5 heteroatoms. The maximum atomic E-state index is 8.56. The standard InChI is InChI=1S/C12H18N4O/c1-9-8-14-6-4-11(9)16(10-2-3-10)7-5-12(13)15-17/h4,6,8,10,17H,2-3,5,7H2,1H3,(H2,13,15). The van der Waals surface area contributed by atoms with E-state index in [0.717, 1.165) is 6.54 Å². The van der Waals surface area contributed by atoms with Crippen molar-refractivity contribution in [2.75, 3.05) is 11.4 Å². The summed E-state index contributed by atoms with van der Waals surface area (Å²) in [5.74, 6) is 0.280. The molecule has 0 saturated heterocycles. The molecule has 17 heavy (non-hydrogen) atoms. The number of aryl methyl sites for hydroxylation is 1. The van der Waals surface area contributed by atoms with Crippen molar-refractivity contribution < 1.29 is 5.21 Å². The van der Waals surface area contributed by atoms with E-state index in [0.29, 0.717) is 12.5 Å². The van der Waals surface area contributed by atoms with E-state index >= 15 is 0 Å². The number of hydrogen-bond donors (Lipinski definition) is 2. The molecule has 0 unspecified atom stereocenters. The lowest BCUT2D eigenvalue weighted by Crippen LogP contribution is -2.30. The molecule has 0 amide bonds. The van der Waals surface area contributed by atoms with Crippen molar-refractivity contribution >= 4 is 11.5 Å². The summed E-state index contributed by atoms with van der Waals surface area (Å²) in [6.07, 6.45) is 6.69. The number of aromatic nitrogens is 1. The highest BCUT2D eigenvalue weighted by Gasteiger charge is 2.29. The molecule has 0 spiro atoms. The maximum absolute atomic E-state index is 8.56. The first-order chi connectivity index (χ1) is 8.22. The van der Waals surface area contributed by atoms with Gasteiger partial charge in [0.15, 0.2) is 0 Å². The lowest BCUT2D eigenvalue weighted by atomic mass is 10.2. The summed E-state index contributed by atoms with van der Waals surface area (Å²) in [4.78, 5) is 6.43. The molecule has 1 fully saturated rings. The van der Waals surface area contributed by atoms with Crippen molar-refractivity contribution in [2.45, 2.75) is 32.2 Å². The highest BCUT2D eigenvalue weighted by atomic mass is 16.4. The molecule has 2 rings (SSSR count). The fourth-order valence-electron chi connectivity index (χ4n) is 1.96. The number of nitrogens with two attached hydrogens (primary N) is 1. The average Bonchev–Trinajstić information content (AvgIpc) is 3.15. The Kier molecular flexibility index (Phi) is 3.46. The van der Waals surface area contributed by atoms with Gasteiger partial charge < -0.3 is 15.8 Å². The Morgan fingerprint density at radius 2 is 2.41 bits per heavy atom. The van der Waals surface area contributed by atoms with E-state index in [1.165, 1.54) is 24.1 Å². The van der Waals surface area contributed by atoms with Gasteiger partial charge in [0.25, 0.3) is 0 Å². The fourth-order valence-corrected chi connectivity index (χ4v) is 1.96. The second-order valence-electron chi connectivity index (χ2n) is 4.43. The molecule has 0 aromatic carbocycles. The van der Waals surface area contributed by atoms with Crippen LogP contribution in [0.15, 0.2) is 23.6 Å². The van der Waals surface area contributed by atoms with Gasteiger partial charge in [-0.1, -0.05) is 5.16 Å². The van der Waals surface area contributed by atoms with Crippen molar-refractivity contribution in [1.29, 1.82) is 0 Å². The van der Waals surface area contributed by atoms with E-state index < -0.39 is 0 Å². The van der Waals surface area contributed by atoms with E-state index in [9.17, 15) is 0 Å². The Morgan fingerprint density at radius 3 is 3.00 bits per heavy atom. The third kappa shape index (κ3) is 2.87. The van der Waals surface area contributed by atoms with Crippen LogP contribution in [0.2, 0.25) is 0 Å². The average molecular weight is 234 g/mol. The van der Waals surface area contributed by atoms with E-state index in [-0.39, 0.29) is 5.84 Å². The molecule has 1 aromatic heterocycles. The molecule has 92 valence electrons. The fraction of sp³-hybridized carbons (Fsp3) is 0.500. The van der Waals surface area contributed by atoms with Crippen LogP contribution < -0.4 is 10.6 Å². The third-order valence-electron chi connectivity index (χ3n) is 3.03. The van der Waals surface area contributed by atoms with Crippen LogP contribution in [-0.2, 0) is 0 Å². The van der Waals surface area contributed by atoms with Crippen LogP contribution in [0.1, 0.15) is 24.8 Å². The number of anilines is 1. The van der Waals surface area contributed by atoms with Crippen LogP contribution in [0.25, 0.3) is 0 Å². The molecule has 0 radical (unpaired) electrons. The molecule has 1 saturated carbocycles.